The monoisotopic (exact) mass is 248 g/mol. The van der Waals surface area contributed by atoms with Crippen LogP contribution in [-0.4, -0.2) is 19.1 Å². The van der Waals surface area contributed by atoms with E-state index in [1.807, 2.05) is 25.1 Å². The van der Waals surface area contributed by atoms with Gasteiger partial charge in [-0.1, -0.05) is 12.1 Å². The largest absolute Gasteiger partial charge is 0.492 e. The number of para-hydroxylation sites is 1. The normalized spacial score (nSPS) is 18.1. The number of hydrogen-bond donors (Lipinski definition) is 2. The first-order valence-corrected chi connectivity index (χ1v) is 6.52. The molecule has 1 aliphatic heterocycles. The van der Waals surface area contributed by atoms with E-state index in [2.05, 4.69) is 5.32 Å². The molecule has 1 unspecified atom stereocenters. The van der Waals surface area contributed by atoms with Crippen molar-refractivity contribution in [2.45, 2.75) is 26.2 Å². The molecule has 0 aliphatic carbocycles. The average molecular weight is 248 g/mol. The summed E-state index contributed by atoms with van der Waals surface area (Å²) in [5.41, 5.74) is 7.49. The van der Waals surface area contributed by atoms with Crippen LogP contribution >= 0.6 is 0 Å². The maximum Gasteiger partial charge on any atom is 0.227 e. The molecule has 0 saturated heterocycles. The number of carbonyl (C=O) groups excluding carboxylic acids is 1. The highest BCUT2D eigenvalue weighted by Crippen LogP contribution is 2.35. The summed E-state index contributed by atoms with van der Waals surface area (Å²) in [5.74, 6) is 0.890. The second-order valence-corrected chi connectivity index (χ2v) is 4.54. The number of ether oxygens (including phenoxy) is 1. The molecule has 18 heavy (non-hydrogen) atoms. The van der Waals surface area contributed by atoms with E-state index >= 15 is 0 Å². The molecule has 1 aliphatic rings. The fraction of sp³-hybridized carbons (Fsp3) is 0.500. The predicted octanol–water partition coefficient (Wildman–Crippen LogP) is 1.94. The summed E-state index contributed by atoms with van der Waals surface area (Å²) in [5, 5.41) is 2.97. The number of rotatable bonds is 5. The van der Waals surface area contributed by atoms with E-state index in [-0.39, 0.29) is 11.8 Å². The van der Waals surface area contributed by atoms with E-state index in [0.717, 1.165) is 36.3 Å². The van der Waals surface area contributed by atoms with Crippen molar-refractivity contribution in [3.8, 4) is 5.75 Å². The molecule has 1 aromatic rings. The van der Waals surface area contributed by atoms with Crippen LogP contribution in [0.2, 0.25) is 0 Å². The van der Waals surface area contributed by atoms with Crippen LogP contribution < -0.4 is 15.8 Å². The van der Waals surface area contributed by atoms with Gasteiger partial charge in [-0.15, -0.1) is 0 Å². The van der Waals surface area contributed by atoms with Crippen molar-refractivity contribution in [2.24, 2.45) is 11.7 Å². The molecule has 0 spiro atoms. The number of carbonyl (C=O) groups is 1. The summed E-state index contributed by atoms with van der Waals surface area (Å²) in [6.45, 7) is 3.17. The molecule has 4 heteroatoms. The second kappa shape index (κ2) is 5.87. The minimum Gasteiger partial charge on any atom is -0.492 e. The Morgan fingerprint density at radius 3 is 3.06 bits per heavy atom. The number of anilines is 1. The van der Waals surface area contributed by atoms with Crippen molar-refractivity contribution in [3.63, 3.8) is 0 Å². The Kier molecular flexibility index (Phi) is 4.20. The molecular formula is C14H20N2O2. The molecule has 1 atom stereocenters. The first-order valence-electron chi connectivity index (χ1n) is 6.52. The van der Waals surface area contributed by atoms with Crippen LogP contribution in [-0.2, 0) is 11.2 Å². The third kappa shape index (κ3) is 2.64. The number of amides is 1. The molecule has 1 amide bonds. The lowest BCUT2D eigenvalue weighted by atomic mass is 9.89. The highest BCUT2D eigenvalue weighted by Gasteiger charge is 2.27. The zero-order valence-electron chi connectivity index (χ0n) is 10.7. The number of benzene rings is 1. The van der Waals surface area contributed by atoms with Crippen LogP contribution in [0.1, 0.15) is 25.3 Å². The highest BCUT2D eigenvalue weighted by molar-refractivity contribution is 5.97. The van der Waals surface area contributed by atoms with Crippen molar-refractivity contribution in [3.05, 3.63) is 23.8 Å². The Bertz CT molecular complexity index is 432. The molecular weight excluding hydrogens is 228 g/mol. The van der Waals surface area contributed by atoms with Crippen molar-refractivity contribution in [1.29, 1.82) is 0 Å². The second-order valence-electron chi connectivity index (χ2n) is 4.54. The third-order valence-corrected chi connectivity index (χ3v) is 3.25. The maximum atomic E-state index is 12.0. The molecule has 3 N–H and O–H groups in total. The summed E-state index contributed by atoms with van der Waals surface area (Å²) in [4.78, 5) is 12.0. The fourth-order valence-electron chi connectivity index (χ4n) is 2.35. The molecule has 2 rings (SSSR count). The van der Waals surface area contributed by atoms with Gasteiger partial charge in [0.1, 0.15) is 5.75 Å². The first-order chi connectivity index (χ1) is 8.76. The molecule has 0 radical (unpaired) electrons. The number of nitrogens with one attached hydrogen (secondary N) is 1. The topological polar surface area (TPSA) is 64.3 Å². The van der Waals surface area contributed by atoms with Gasteiger partial charge in [0.15, 0.2) is 0 Å². The van der Waals surface area contributed by atoms with Crippen LogP contribution in [0.15, 0.2) is 18.2 Å². The summed E-state index contributed by atoms with van der Waals surface area (Å²) < 4.78 is 5.53. The minimum absolute atomic E-state index is 0.0397. The van der Waals surface area contributed by atoms with Gasteiger partial charge in [0.25, 0.3) is 0 Å². The summed E-state index contributed by atoms with van der Waals surface area (Å²) in [6, 6.07) is 5.91. The summed E-state index contributed by atoms with van der Waals surface area (Å²) >= 11 is 0. The third-order valence-electron chi connectivity index (χ3n) is 3.25. The predicted molar refractivity (Wildman–Crippen MR) is 71.7 cm³/mol. The van der Waals surface area contributed by atoms with Crippen LogP contribution in [0.5, 0.6) is 5.75 Å². The van der Waals surface area contributed by atoms with Crippen LogP contribution in [0, 0.1) is 5.92 Å². The molecule has 0 saturated carbocycles. The Morgan fingerprint density at radius 2 is 2.33 bits per heavy atom. The van der Waals surface area contributed by atoms with Crippen LogP contribution in [0.4, 0.5) is 5.69 Å². The van der Waals surface area contributed by atoms with E-state index in [9.17, 15) is 4.79 Å². The van der Waals surface area contributed by atoms with Crippen LogP contribution in [0.3, 0.4) is 0 Å². The standard InChI is InChI=1S/C14H20N2O2/c1-2-18-12-7-3-5-10-9-11(6-4-8-15)14(17)16-13(10)12/h3,5,7,11H,2,4,6,8-9,15H2,1H3,(H,16,17). The van der Waals surface area contributed by atoms with Crippen molar-refractivity contribution < 1.29 is 9.53 Å². The van der Waals surface area contributed by atoms with Gasteiger partial charge in [0.2, 0.25) is 5.91 Å². The number of nitrogens with two attached hydrogens (primary N) is 1. The Morgan fingerprint density at radius 1 is 1.50 bits per heavy atom. The van der Waals surface area contributed by atoms with Gasteiger partial charge in [-0.2, -0.15) is 0 Å². The summed E-state index contributed by atoms with van der Waals surface area (Å²) in [7, 11) is 0. The maximum absolute atomic E-state index is 12.0. The van der Waals surface area contributed by atoms with E-state index in [0.29, 0.717) is 13.2 Å². The van der Waals surface area contributed by atoms with E-state index in [1.54, 1.807) is 0 Å². The zero-order valence-corrected chi connectivity index (χ0v) is 10.7. The minimum atomic E-state index is 0.0397. The lowest BCUT2D eigenvalue weighted by Gasteiger charge is -2.26. The van der Waals surface area contributed by atoms with E-state index in [1.165, 1.54) is 0 Å². The Balaban J connectivity index is 2.19. The number of hydrogen-bond acceptors (Lipinski definition) is 3. The van der Waals surface area contributed by atoms with Crippen molar-refractivity contribution in [1.82, 2.24) is 0 Å². The molecule has 0 aromatic heterocycles. The number of fused-ring (bicyclic) bond motifs is 1. The van der Waals surface area contributed by atoms with Crippen molar-refractivity contribution >= 4 is 11.6 Å². The zero-order chi connectivity index (χ0) is 13.0. The smallest absolute Gasteiger partial charge is 0.227 e. The lowest BCUT2D eigenvalue weighted by Crippen LogP contribution is -2.30. The van der Waals surface area contributed by atoms with Gasteiger partial charge >= 0.3 is 0 Å². The van der Waals surface area contributed by atoms with Crippen LogP contribution in [0.25, 0.3) is 0 Å². The van der Waals surface area contributed by atoms with Gasteiger partial charge in [0, 0.05) is 5.92 Å². The molecule has 1 heterocycles. The SMILES string of the molecule is CCOc1cccc2c1NC(=O)C(CCCN)C2. The molecule has 4 nitrogen and oxygen atoms in total. The van der Waals surface area contributed by atoms with E-state index in [4.69, 9.17) is 10.5 Å². The van der Waals surface area contributed by atoms with E-state index < -0.39 is 0 Å². The fourth-order valence-corrected chi connectivity index (χ4v) is 2.35. The average Bonchev–Trinajstić information content (AvgIpc) is 2.37. The van der Waals surface area contributed by atoms with Gasteiger partial charge in [-0.05, 0) is 44.4 Å². The Labute approximate surface area is 108 Å². The molecule has 0 bridgehead atoms. The van der Waals surface area contributed by atoms with Gasteiger partial charge < -0.3 is 15.8 Å². The van der Waals surface area contributed by atoms with Gasteiger partial charge in [0.05, 0.1) is 12.3 Å². The van der Waals surface area contributed by atoms with Gasteiger partial charge in [-0.25, -0.2) is 0 Å². The lowest BCUT2D eigenvalue weighted by molar-refractivity contribution is -0.120. The first kappa shape index (κ1) is 12.9. The van der Waals surface area contributed by atoms with Crippen molar-refractivity contribution in [2.75, 3.05) is 18.5 Å². The quantitative estimate of drug-likeness (QED) is 0.837. The molecule has 98 valence electrons. The summed E-state index contributed by atoms with van der Waals surface area (Å²) in [6.07, 6.45) is 2.52. The molecule has 0 fully saturated rings. The van der Waals surface area contributed by atoms with Gasteiger partial charge in [-0.3, -0.25) is 4.79 Å². The Hall–Kier alpha value is -1.55. The highest BCUT2D eigenvalue weighted by atomic mass is 16.5. The molecule has 1 aromatic carbocycles.